The SMILES string of the molecule is O=C(NC1CCC(Oc2ccc(C(F)(F)F)cn2)CC1)c1ccoc1. The zero-order chi connectivity index (χ0) is 17.9. The lowest BCUT2D eigenvalue weighted by Crippen LogP contribution is -2.39. The van der Waals surface area contributed by atoms with Crippen molar-refractivity contribution in [1.29, 1.82) is 0 Å². The van der Waals surface area contributed by atoms with Crippen molar-refractivity contribution in [3.63, 3.8) is 0 Å². The summed E-state index contributed by atoms with van der Waals surface area (Å²) >= 11 is 0. The van der Waals surface area contributed by atoms with Crippen LogP contribution in [0.4, 0.5) is 13.2 Å². The third-order valence-corrected chi connectivity index (χ3v) is 4.14. The van der Waals surface area contributed by atoms with Gasteiger partial charge in [0.25, 0.3) is 5.91 Å². The van der Waals surface area contributed by atoms with Crippen LogP contribution in [-0.4, -0.2) is 23.0 Å². The number of carbonyl (C=O) groups is 1. The Hall–Kier alpha value is -2.51. The van der Waals surface area contributed by atoms with Crippen LogP contribution in [0.3, 0.4) is 0 Å². The van der Waals surface area contributed by atoms with E-state index in [4.69, 9.17) is 9.15 Å². The number of nitrogens with zero attached hydrogens (tertiary/aromatic N) is 1. The Morgan fingerprint density at radius 3 is 2.52 bits per heavy atom. The van der Waals surface area contributed by atoms with Crippen molar-refractivity contribution in [2.75, 3.05) is 0 Å². The maximum Gasteiger partial charge on any atom is 0.417 e. The summed E-state index contributed by atoms with van der Waals surface area (Å²) in [4.78, 5) is 15.7. The van der Waals surface area contributed by atoms with Crippen LogP contribution < -0.4 is 10.1 Å². The average molecular weight is 354 g/mol. The van der Waals surface area contributed by atoms with Gasteiger partial charge in [-0.05, 0) is 37.8 Å². The van der Waals surface area contributed by atoms with E-state index in [1.807, 2.05) is 0 Å². The van der Waals surface area contributed by atoms with Gasteiger partial charge in [-0.25, -0.2) is 4.98 Å². The summed E-state index contributed by atoms with van der Waals surface area (Å²) in [5, 5.41) is 2.93. The second kappa shape index (κ2) is 7.16. The molecule has 1 saturated carbocycles. The molecule has 1 amide bonds. The summed E-state index contributed by atoms with van der Waals surface area (Å²) in [6.45, 7) is 0. The second-order valence-corrected chi connectivity index (χ2v) is 5.96. The molecule has 2 aromatic rings. The van der Waals surface area contributed by atoms with E-state index in [0.29, 0.717) is 18.4 Å². The van der Waals surface area contributed by atoms with Crippen LogP contribution in [0.15, 0.2) is 41.3 Å². The summed E-state index contributed by atoms with van der Waals surface area (Å²) in [5.41, 5.74) is -0.321. The highest BCUT2D eigenvalue weighted by Crippen LogP contribution is 2.30. The van der Waals surface area contributed by atoms with Crippen LogP contribution in [0.5, 0.6) is 5.88 Å². The molecule has 1 aliphatic carbocycles. The molecule has 0 atom stereocenters. The number of aromatic nitrogens is 1. The Kier molecular flexibility index (Phi) is 4.96. The number of nitrogens with one attached hydrogen (secondary N) is 1. The maximum absolute atomic E-state index is 12.5. The fraction of sp³-hybridized carbons (Fsp3) is 0.412. The van der Waals surface area contributed by atoms with Gasteiger partial charge >= 0.3 is 6.18 Å². The van der Waals surface area contributed by atoms with Crippen molar-refractivity contribution in [1.82, 2.24) is 10.3 Å². The van der Waals surface area contributed by atoms with Crippen molar-refractivity contribution in [2.24, 2.45) is 0 Å². The van der Waals surface area contributed by atoms with Crippen molar-refractivity contribution >= 4 is 5.91 Å². The average Bonchev–Trinajstić information content (AvgIpc) is 3.11. The van der Waals surface area contributed by atoms with E-state index in [1.165, 1.54) is 18.6 Å². The Bertz CT molecular complexity index is 691. The number of hydrogen-bond donors (Lipinski definition) is 1. The molecule has 2 aromatic heterocycles. The van der Waals surface area contributed by atoms with E-state index < -0.39 is 11.7 Å². The van der Waals surface area contributed by atoms with Gasteiger partial charge in [0.15, 0.2) is 0 Å². The molecule has 3 rings (SSSR count). The Morgan fingerprint density at radius 1 is 1.20 bits per heavy atom. The zero-order valence-corrected chi connectivity index (χ0v) is 13.3. The van der Waals surface area contributed by atoms with Crippen LogP contribution in [0.25, 0.3) is 0 Å². The number of pyridine rings is 1. The summed E-state index contributed by atoms with van der Waals surface area (Å²) in [5.74, 6) is 0.00130. The molecule has 0 aromatic carbocycles. The Balaban J connectivity index is 1.47. The van der Waals surface area contributed by atoms with Gasteiger partial charge < -0.3 is 14.5 Å². The summed E-state index contributed by atoms with van der Waals surface area (Å²) < 4.78 is 48.0. The second-order valence-electron chi connectivity index (χ2n) is 5.96. The molecule has 8 heteroatoms. The van der Waals surface area contributed by atoms with Gasteiger partial charge in [0.2, 0.25) is 5.88 Å². The normalized spacial score (nSPS) is 20.9. The number of ether oxygens (including phenoxy) is 1. The minimum atomic E-state index is -4.41. The maximum atomic E-state index is 12.5. The van der Waals surface area contributed by atoms with E-state index in [9.17, 15) is 18.0 Å². The monoisotopic (exact) mass is 354 g/mol. The van der Waals surface area contributed by atoms with E-state index in [2.05, 4.69) is 10.3 Å². The van der Waals surface area contributed by atoms with Gasteiger partial charge in [-0.15, -0.1) is 0 Å². The molecule has 0 radical (unpaired) electrons. The third kappa shape index (κ3) is 4.52. The molecule has 134 valence electrons. The lowest BCUT2D eigenvalue weighted by Gasteiger charge is -2.29. The van der Waals surface area contributed by atoms with Gasteiger partial charge in [0.05, 0.1) is 17.4 Å². The van der Waals surface area contributed by atoms with Gasteiger partial charge in [-0.3, -0.25) is 4.79 Å². The molecular weight excluding hydrogens is 337 g/mol. The topological polar surface area (TPSA) is 64.4 Å². The molecule has 0 spiro atoms. The first-order valence-electron chi connectivity index (χ1n) is 7.95. The molecular formula is C17H17F3N2O3. The molecule has 25 heavy (non-hydrogen) atoms. The van der Waals surface area contributed by atoms with Crippen molar-refractivity contribution in [3.05, 3.63) is 48.0 Å². The number of halogens is 3. The number of hydrogen-bond acceptors (Lipinski definition) is 4. The standard InChI is InChI=1S/C17H17F3N2O3/c18-17(19,20)12-1-6-15(21-9-12)25-14-4-2-13(3-5-14)22-16(23)11-7-8-24-10-11/h1,6-10,13-14H,2-5H2,(H,22,23). The highest BCUT2D eigenvalue weighted by Gasteiger charge is 2.31. The molecule has 5 nitrogen and oxygen atoms in total. The predicted octanol–water partition coefficient (Wildman–Crippen LogP) is 3.81. The van der Waals surface area contributed by atoms with Crippen LogP contribution in [0.1, 0.15) is 41.6 Å². The Labute approximate surface area is 142 Å². The first kappa shape index (κ1) is 17.3. The summed E-state index contributed by atoms with van der Waals surface area (Å²) in [6, 6.07) is 3.83. The minimum Gasteiger partial charge on any atom is -0.474 e. The molecule has 1 aliphatic rings. The van der Waals surface area contributed by atoms with Crippen LogP contribution in [0.2, 0.25) is 0 Å². The molecule has 2 heterocycles. The molecule has 1 N–H and O–H groups in total. The number of rotatable bonds is 4. The fourth-order valence-electron chi connectivity index (χ4n) is 2.78. The minimum absolute atomic E-state index is 0.0443. The number of furan rings is 1. The van der Waals surface area contributed by atoms with E-state index >= 15 is 0 Å². The predicted molar refractivity (Wildman–Crippen MR) is 82.1 cm³/mol. The Morgan fingerprint density at radius 2 is 1.96 bits per heavy atom. The molecule has 0 saturated heterocycles. The number of alkyl halides is 3. The quantitative estimate of drug-likeness (QED) is 0.907. The molecule has 0 unspecified atom stereocenters. The number of carbonyl (C=O) groups excluding carboxylic acids is 1. The molecule has 0 aliphatic heterocycles. The van der Waals surface area contributed by atoms with Gasteiger partial charge in [0.1, 0.15) is 12.4 Å². The highest BCUT2D eigenvalue weighted by molar-refractivity contribution is 5.93. The number of amides is 1. The molecule has 0 bridgehead atoms. The van der Waals surface area contributed by atoms with Crippen LogP contribution in [0, 0.1) is 0 Å². The first-order valence-corrected chi connectivity index (χ1v) is 7.95. The van der Waals surface area contributed by atoms with E-state index in [-0.39, 0.29) is 23.9 Å². The van der Waals surface area contributed by atoms with Crippen LogP contribution >= 0.6 is 0 Å². The van der Waals surface area contributed by atoms with Crippen molar-refractivity contribution < 1.29 is 27.1 Å². The van der Waals surface area contributed by atoms with Gasteiger partial charge in [-0.1, -0.05) is 0 Å². The lowest BCUT2D eigenvalue weighted by molar-refractivity contribution is -0.137. The van der Waals surface area contributed by atoms with Gasteiger partial charge in [0, 0.05) is 18.3 Å². The fourth-order valence-corrected chi connectivity index (χ4v) is 2.78. The van der Waals surface area contributed by atoms with Crippen LogP contribution in [-0.2, 0) is 6.18 Å². The zero-order valence-electron chi connectivity index (χ0n) is 13.3. The van der Waals surface area contributed by atoms with Crippen molar-refractivity contribution in [2.45, 2.75) is 44.0 Å². The van der Waals surface area contributed by atoms with E-state index in [1.54, 1.807) is 6.07 Å². The van der Waals surface area contributed by atoms with E-state index in [0.717, 1.165) is 25.1 Å². The largest absolute Gasteiger partial charge is 0.474 e. The third-order valence-electron chi connectivity index (χ3n) is 4.14. The highest BCUT2D eigenvalue weighted by atomic mass is 19.4. The smallest absolute Gasteiger partial charge is 0.417 e. The first-order chi connectivity index (χ1) is 11.9. The molecule has 1 fully saturated rings. The lowest BCUT2D eigenvalue weighted by atomic mass is 9.93. The summed E-state index contributed by atoms with van der Waals surface area (Å²) in [7, 11) is 0. The van der Waals surface area contributed by atoms with Gasteiger partial charge in [-0.2, -0.15) is 13.2 Å². The summed E-state index contributed by atoms with van der Waals surface area (Å²) in [6.07, 6.45) is 1.92. The van der Waals surface area contributed by atoms with Crippen molar-refractivity contribution in [3.8, 4) is 5.88 Å².